The third kappa shape index (κ3) is 2.72. The number of hydrogen-bond donors (Lipinski definition) is 2. The van der Waals surface area contributed by atoms with Gasteiger partial charge >= 0.3 is 11.9 Å². The fourth-order valence-corrected chi connectivity index (χ4v) is 1.03. The van der Waals surface area contributed by atoms with Gasteiger partial charge in [0, 0.05) is 5.75 Å². The Balaban J connectivity index is 3.98. The van der Waals surface area contributed by atoms with Crippen LogP contribution in [-0.4, -0.2) is 34.2 Å². The molecule has 0 aromatic heterocycles. The summed E-state index contributed by atoms with van der Waals surface area (Å²) in [7, 11) is 0. The summed E-state index contributed by atoms with van der Waals surface area (Å²) in [5, 5.41) is 16.6. The van der Waals surface area contributed by atoms with Crippen LogP contribution < -0.4 is 0 Å². The van der Waals surface area contributed by atoms with E-state index in [4.69, 9.17) is 10.2 Å². The first kappa shape index (κ1) is 9.29. The standard InChI is InChI=1S/C5H8O4S/c1-10-2-3(4(6)7)5(8)9/h3H,2H2,1H3,(H,6,7)(H,8,9). The first-order chi connectivity index (χ1) is 4.59. The largest absolute Gasteiger partial charge is 0.481 e. The van der Waals surface area contributed by atoms with Crippen LogP contribution in [0.3, 0.4) is 0 Å². The lowest BCUT2D eigenvalue weighted by Crippen LogP contribution is -2.25. The molecule has 0 aromatic rings. The van der Waals surface area contributed by atoms with Gasteiger partial charge in [-0.3, -0.25) is 9.59 Å². The second-order valence-corrected chi connectivity index (χ2v) is 2.60. The predicted molar refractivity (Wildman–Crippen MR) is 37.1 cm³/mol. The zero-order chi connectivity index (χ0) is 8.15. The van der Waals surface area contributed by atoms with Gasteiger partial charge in [0.2, 0.25) is 0 Å². The molecule has 0 aliphatic rings. The van der Waals surface area contributed by atoms with E-state index < -0.39 is 17.9 Å². The molecule has 4 nitrogen and oxygen atoms in total. The van der Waals surface area contributed by atoms with Crippen LogP contribution in [0.1, 0.15) is 0 Å². The smallest absolute Gasteiger partial charge is 0.318 e. The van der Waals surface area contributed by atoms with E-state index in [1.54, 1.807) is 6.26 Å². The van der Waals surface area contributed by atoms with Crippen molar-refractivity contribution in [2.45, 2.75) is 0 Å². The quantitative estimate of drug-likeness (QED) is 0.578. The van der Waals surface area contributed by atoms with Crippen LogP contribution in [0.5, 0.6) is 0 Å². The maximum absolute atomic E-state index is 10.1. The summed E-state index contributed by atoms with van der Waals surface area (Å²) < 4.78 is 0. The van der Waals surface area contributed by atoms with Gasteiger partial charge in [0.1, 0.15) is 0 Å². The number of carboxylic acid groups (broad SMARTS) is 2. The van der Waals surface area contributed by atoms with E-state index in [0.29, 0.717) is 0 Å². The molecule has 0 aromatic carbocycles. The van der Waals surface area contributed by atoms with Crippen LogP contribution in [0, 0.1) is 5.92 Å². The number of carbonyl (C=O) groups is 2. The highest BCUT2D eigenvalue weighted by molar-refractivity contribution is 7.98. The maximum atomic E-state index is 10.1. The Morgan fingerprint density at radius 2 is 1.80 bits per heavy atom. The zero-order valence-electron chi connectivity index (χ0n) is 5.40. The van der Waals surface area contributed by atoms with Gasteiger partial charge in [0.15, 0.2) is 5.92 Å². The molecule has 5 heteroatoms. The highest BCUT2D eigenvalue weighted by Crippen LogP contribution is 2.05. The molecule has 0 fully saturated rings. The molecular formula is C5H8O4S. The molecule has 0 atom stereocenters. The lowest BCUT2D eigenvalue weighted by Gasteiger charge is -2.02. The summed E-state index contributed by atoms with van der Waals surface area (Å²) in [6.45, 7) is 0. The van der Waals surface area contributed by atoms with Crippen molar-refractivity contribution in [1.82, 2.24) is 0 Å². The van der Waals surface area contributed by atoms with E-state index in [0.717, 1.165) is 0 Å². The molecule has 2 N–H and O–H groups in total. The molecular weight excluding hydrogens is 156 g/mol. The molecule has 10 heavy (non-hydrogen) atoms. The zero-order valence-corrected chi connectivity index (χ0v) is 6.22. The lowest BCUT2D eigenvalue weighted by atomic mass is 10.2. The van der Waals surface area contributed by atoms with Gasteiger partial charge in [-0.1, -0.05) is 0 Å². The van der Waals surface area contributed by atoms with Crippen molar-refractivity contribution in [3.05, 3.63) is 0 Å². The number of carboxylic acids is 2. The van der Waals surface area contributed by atoms with Crippen molar-refractivity contribution in [1.29, 1.82) is 0 Å². The third-order valence-corrected chi connectivity index (χ3v) is 1.60. The average molecular weight is 164 g/mol. The van der Waals surface area contributed by atoms with Crippen LogP contribution in [0.25, 0.3) is 0 Å². The Morgan fingerprint density at radius 1 is 1.40 bits per heavy atom. The Kier molecular flexibility index (Phi) is 3.87. The fourth-order valence-electron chi connectivity index (χ4n) is 0.415. The Morgan fingerprint density at radius 3 is 1.90 bits per heavy atom. The Bertz CT molecular complexity index is 131. The highest BCUT2D eigenvalue weighted by Gasteiger charge is 2.24. The first-order valence-electron chi connectivity index (χ1n) is 2.54. The van der Waals surface area contributed by atoms with Gasteiger partial charge < -0.3 is 10.2 Å². The molecule has 0 radical (unpaired) electrons. The minimum absolute atomic E-state index is 0.116. The number of thioether (sulfide) groups is 1. The molecule has 0 saturated heterocycles. The van der Waals surface area contributed by atoms with E-state index in [9.17, 15) is 9.59 Å². The topological polar surface area (TPSA) is 74.6 Å². The first-order valence-corrected chi connectivity index (χ1v) is 3.93. The molecule has 0 aliphatic carbocycles. The molecule has 0 bridgehead atoms. The fraction of sp³-hybridized carbons (Fsp3) is 0.600. The molecule has 0 rings (SSSR count). The minimum atomic E-state index is -1.28. The van der Waals surface area contributed by atoms with Crippen molar-refractivity contribution >= 4 is 23.7 Å². The van der Waals surface area contributed by atoms with E-state index in [2.05, 4.69) is 0 Å². The Hall–Kier alpha value is -0.710. The maximum Gasteiger partial charge on any atom is 0.318 e. The summed E-state index contributed by atoms with van der Waals surface area (Å²) in [4.78, 5) is 20.3. The van der Waals surface area contributed by atoms with Gasteiger partial charge in [0.05, 0.1) is 0 Å². The Labute approximate surface area is 62.2 Å². The van der Waals surface area contributed by atoms with Crippen LogP contribution in [0.4, 0.5) is 0 Å². The summed E-state index contributed by atoms with van der Waals surface area (Å²) in [6, 6.07) is 0. The number of hydrogen-bond acceptors (Lipinski definition) is 3. The van der Waals surface area contributed by atoms with Crippen molar-refractivity contribution in [3.63, 3.8) is 0 Å². The predicted octanol–water partition coefficient (Wildman–Crippen LogP) is 0.135. The normalized spacial score (nSPS) is 9.80. The van der Waals surface area contributed by atoms with Crippen LogP contribution in [0.2, 0.25) is 0 Å². The van der Waals surface area contributed by atoms with Crippen molar-refractivity contribution in [2.75, 3.05) is 12.0 Å². The van der Waals surface area contributed by atoms with Crippen molar-refractivity contribution in [2.24, 2.45) is 5.92 Å². The average Bonchev–Trinajstić information content (AvgIpc) is 1.81. The minimum Gasteiger partial charge on any atom is -0.481 e. The second-order valence-electron chi connectivity index (χ2n) is 1.68. The number of aliphatic carboxylic acids is 2. The summed E-state index contributed by atoms with van der Waals surface area (Å²) in [5.74, 6) is -3.70. The molecule has 0 saturated carbocycles. The number of rotatable bonds is 4. The second kappa shape index (κ2) is 4.16. The molecule has 0 unspecified atom stereocenters. The van der Waals surface area contributed by atoms with Gasteiger partial charge in [-0.05, 0) is 6.26 Å². The van der Waals surface area contributed by atoms with E-state index >= 15 is 0 Å². The van der Waals surface area contributed by atoms with E-state index in [-0.39, 0.29) is 5.75 Å². The van der Waals surface area contributed by atoms with Gasteiger partial charge in [0.25, 0.3) is 0 Å². The molecule has 0 amide bonds. The van der Waals surface area contributed by atoms with E-state index in [1.165, 1.54) is 11.8 Å². The van der Waals surface area contributed by atoms with Crippen molar-refractivity contribution in [3.8, 4) is 0 Å². The van der Waals surface area contributed by atoms with Gasteiger partial charge in [-0.25, -0.2) is 0 Å². The summed E-state index contributed by atoms with van der Waals surface area (Å²) in [6.07, 6.45) is 1.67. The highest BCUT2D eigenvalue weighted by atomic mass is 32.2. The van der Waals surface area contributed by atoms with Gasteiger partial charge in [-0.2, -0.15) is 11.8 Å². The summed E-state index contributed by atoms with van der Waals surface area (Å²) >= 11 is 1.20. The SMILES string of the molecule is CSCC(C(=O)O)C(=O)O. The van der Waals surface area contributed by atoms with E-state index in [1.807, 2.05) is 0 Å². The lowest BCUT2D eigenvalue weighted by molar-refractivity contribution is -0.153. The monoisotopic (exact) mass is 164 g/mol. The molecule has 58 valence electrons. The van der Waals surface area contributed by atoms with Crippen LogP contribution in [-0.2, 0) is 9.59 Å². The van der Waals surface area contributed by atoms with Crippen LogP contribution >= 0.6 is 11.8 Å². The molecule has 0 spiro atoms. The summed E-state index contributed by atoms with van der Waals surface area (Å²) in [5.41, 5.74) is 0. The molecule has 0 heterocycles. The van der Waals surface area contributed by atoms with Crippen molar-refractivity contribution < 1.29 is 19.8 Å². The van der Waals surface area contributed by atoms with Gasteiger partial charge in [-0.15, -0.1) is 0 Å². The third-order valence-electron chi connectivity index (χ3n) is 0.930. The molecule has 0 aliphatic heterocycles. The van der Waals surface area contributed by atoms with Crippen LogP contribution in [0.15, 0.2) is 0 Å².